The van der Waals surface area contributed by atoms with Crippen molar-refractivity contribution in [1.29, 1.82) is 0 Å². The Balaban J connectivity index is -0.000000172. The molecule has 254 valence electrons. The lowest BCUT2D eigenvalue weighted by Crippen LogP contribution is -2.39. The number of fused-ring (bicyclic) bond motifs is 1. The first-order valence-electron chi connectivity index (χ1n) is 9.80. The van der Waals surface area contributed by atoms with Gasteiger partial charge in [0, 0.05) is 69.7 Å². The van der Waals surface area contributed by atoms with Crippen LogP contribution in [0.3, 0.4) is 0 Å². The van der Waals surface area contributed by atoms with Crippen LogP contribution in [0.2, 0.25) is 0 Å². The maximum absolute atomic E-state index is 8.70. The first kappa shape index (κ1) is 52.4. The molecule has 0 fully saturated rings. The average molecular weight is 783 g/mol. The molecule has 0 aliphatic heterocycles. The van der Waals surface area contributed by atoms with Crippen molar-refractivity contribution in [3.05, 3.63) is 18.2 Å². The molecule has 0 saturated carbocycles. The summed E-state index contributed by atoms with van der Waals surface area (Å²) in [5.41, 5.74) is 1.55. The number of hydrogen-bond acceptors (Lipinski definition) is 12. The van der Waals surface area contributed by atoms with Gasteiger partial charge in [0.2, 0.25) is 5.75 Å². The van der Waals surface area contributed by atoms with Crippen LogP contribution in [0, 0.1) is 0 Å². The van der Waals surface area contributed by atoms with E-state index >= 15 is 0 Å². The highest BCUT2D eigenvalue weighted by atomic mass is 31.2. The van der Waals surface area contributed by atoms with E-state index in [2.05, 4.69) is 29.4 Å². The lowest BCUT2D eigenvalue weighted by molar-refractivity contribution is 0.353. The van der Waals surface area contributed by atoms with Gasteiger partial charge >= 0.3 is 57.5 Å². The molecule has 1 heterocycles. The van der Waals surface area contributed by atoms with E-state index in [1.807, 2.05) is 60.5 Å². The van der Waals surface area contributed by atoms with Gasteiger partial charge in [0.1, 0.15) is 5.52 Å². The van der Waals surface area contributed by atoms with Crippen LogP contribution in [-0.4, -0.2) is 130 Å². The minimum absolute atomic E-state index is 0.737. The molecular formula is C12H34N6O19P7+7. The topological polar surface area (TPSA) is 406 Å². The van der Waals surface area contributed by atoms with Crippen LogP contribution in [0.1, 0.15) is 0 Å². The highest BCUT2D eigenvalue weighted by molar-refractivity contribution is 7.64. The molecule has 25 nitrogen and oxygen atoms in total. The van der Waals surface area contributed by atoms with E-state index < -0.39 is 57.5 Å². The summed E-state index contributed by atoms with van der Waals surface area (Å²) in [5.74, 6) is 0.737. The third-order valence-electron chi connectivity index (χ3n) is 3.09. The van der Waals surface area contributed by atoms with Gasteiger partial charge in [-0.05, 0) is 12.1 Å². The van der Waals surface area contributed by atoms with E-state index in [9.17, 15) is 0 Å². The summed E-state index contributed by atoms with van der Waals surface area (Å²) in [4.78, 5) is 85.4. The average Bonchev–Trinajstić information content (AvgIpc) is 3.24. The number of hydrogen-bond donors (Lipinski definition) is 13. The number of nitrogens with one attached hydrogen (secondary N) is 1. The summed E-state index contributed by atoms with van der Waals surface area (Å²) < 4.78 is 65.0. The first-order valence-corrected chi connectivity index (χ1v) is 18.4. The van der Waals surface area contributed by atoms with Gasteiger partial charge in [0.15, 0.2) is 5.52 Å². The lowest BCUT2D eigenvalue weighted by atomic mass is 10.3. The Bertz CT molecular complexity index is 1020. The first-order chi connectivity index (χ1) is 19.8. The zero-order chi connectivity index (χ0) is 36.4. The van der Waals surface area contributed by atoms with Crippen LogP contribution >= 0.6 is 57.5 Å². The summed E-state index contributed by atoms with van der Waals surface area (Å²) in [7, 11) is -7.17. The summed E-state index contributed by atoms with van der Waals surface area (Å²) >= 11 is 0. The Morgan fingerprint density at radius 2 is 0.841 bits per heavy atom. The van der Waals surface area contributed by atoms with Crippen molar-refractivity contribution in [2.75, 3.05) is 42.3 Å². The molecule has 0 aliphatic carbocycles. The summed E-state index contributed by atoms with van der Waals surface area (Å²) in [6.45, 7) is 0. The maximum Gasteiger partial charge on any atom is 0.692 e. The molecule has 44 heavy (non-hydrogen) atoms. The molecule has 0 saturated heterocycles. The van der Waals surface area contributed by atoms with Crippen molar-refractivity contribution < 1.29 is 90.6 Å². The molecule has 0 amide bonds. The third kappa shape index (κ3) is 37.0. The lowest BCUT2D eigenvalue weighted by Gasteiger charge is -2.36. The largest absolute Gasteiger partial charge is 0.692 e. The van der Waals surface area contributed by atoms with E-state index in [0.29, 0.717) is 0 Å². The summed E-state index contributed by atoms with van der Waals surface area (Å²) in [5, 5.41) is 10.9. The predicted molar refractivity (Wildman–Crippen MR) is 155 cm³/mol. The van der Waals surface area contributed by atoms with Crippen LogP contribution in [-0.2, 0) is 27.4 Å². The fraction of sp³-hybridized carbons (Fsp3) is 0.500. The van der Waals surface area contributed by atoms with Crippen LogP contribution in [0.4, 0.5) is 0 Å². The van der Waals surface area contributed by atoms with Crippen molar-refractivity contribution in [3.8, 4) is 5.75 Å². The Labute approximate surface area is 254 Å². The zero-order valence-corrected chi connectivity index (χ0v) is 29.6. The number of aromatic nitrogens is 3. The molecule has 13 N–H and O–H groups in total. The Morgan fingerprint density at radius 1 is 0.568 bits per heavy atom. The fourth-order valence-corrected chi connectivity index (χ4v) is 5.41. The molecule has 1 aromatic heterocycles. The van der Waals surface area contributed by atoms with Gasteiger partial charge in [0.05, 0.1) is 0 Å². The van der Waals surface area contributed by atoms with Crippen LogP contribution in [0.25, 0.3) is 11.0 Å². The molecule has 0 atom stereocenters. The highest BCUT2D eigenvalue weighted by Crippen LogP contribution is 2.64. The number of aromatic amines is 1. The number of rotatable bonds is 5. The van der Waals surface area contributed by atoms with E-state index in [-0.39, 0.29) is 0 Å². The number of benzene rings is 1. The standard InChI is InChI=1S/C12H22N6OP.6HO3P/c1-16(2)20(17(3)4,18(5)6)19-11-9-7-8-10-12(11)14-15-13-10;6*1-4(2)3/h7-9H,1-6H3,(H,13,14,15);6*(H-,1,2,3)/q+1;;;;;;/p+6. The number of para-hydroxylation sites is 1. The maximum atomic E-state index is 8.70. The molecule has 0 bridgehead atoms. The van der Waals surface area contributed by atoms with Crippen LogP contribution in [0.15, 0.2) is 18.2 Å². The zero-order valence-electron chi connectivity index (χ0n) is 23.3. The molecule has 0 aliphatic rings. The van der Waals surface area contributed by atoms with Crippen molar-refractivity contribution in [3.63, 3.8) is 0 Å². The molecule has 0 spiro atoms. The number of nitrogens with zero attached hydrogens (tertiary/aromatic N) is 5. The summed E-state index contributed by atoms with van der Waals surface area (Å²) in [6, 6.07) is 5.76. The third-order valence-corrected chi connectivity index (χ3v) is 6.66. The molecule has 1 aromatic carbocycles. The van der Waals surface area contributed by atoms with E-state index in [4.69, 9.17) is 90.6 Å². The monoisotopic (exact) mass is 783 g/mol. The van der Waals surface area contributed by atoms with Crippen LogP contribution < -0.4 is 4.52 Å². The SMILES string of the molecule is CN(C)[P+](Oc1cccc2n[nH]nc12)(N(C)C)N(C)C.O=[P+](O)O.O=[P+](O)O.O=[P+](O)O.O=[P+](O)O.O=[P+](O)O.O=[P+](O)O. The Hall–Kier alpha value is -1.15. The second kappa shape index (κ2) is 30.5. The van der Waals surface area contributed by atoms with Gasteiger partial charge in [-0.1, -0.05) is 6.07 Å². The van der Waals surface area contributed by atoms with Gasteiger partial charge in [-0.2, -0.15) is 15.4 Å². The van der Waals surface area contributed by atoms with Gasteiger partial charge < -0.3 is 0 Å². The number of H-pyrrole nitrogens is 1. The fourth-order valence-electron chi connectivity index (χ4n) is 2.37. The normalized spacial score (nSPS) is 9.39. The van der Waals surface area contributed by atoms with Gasteiger partial charge in [-0.15, -0.1) is 72.7 Å². The predicted octanol–water partition coefficient (Wildman–Crippen LogP) is -0.530. The van der Waals surface area contributed by atoms with Crippen molar-refractivity contribution in [2.45, 2.75) is 0 Å². The minimum Gasteiger partial charge on any atom is -0.289 e. The minimum atomic E-state index is -2.87. The van der Waals surface area contributed by atoms with Gasteiger partial charge in [-0.25, -0.2) is 0 Å². The second-order valence-electron chi connectivity index (χ2n) is 6.61. The smallest absolute Gasteiger partial charge is 0.289 e. The molecule has 32 heteroatoms. The van der Waals surface area contributed by atoms with Crippen molar-refractivity contribution >= 4 is 68.5 Å². The van der Waals surface area contributed by atoms with E-state index in [0.717, 1.165) is 16.8 Å². The van der Waals surface area contributed by atoms with Crippen molar-refractivity contribution in [1.82, 2.24) is 29.4 Å². The summed E-state index contributed by atoms with van der Waals surface area (Å²) in [6.07, 6.45) is 0. The quantitative estimate of drug-likeness (QED) is 0.169. The van der Waals surface area contributed by atoms with E-state index in [1.165, 1.54) is 0 Å². The molecular weight excluding hydrogens is 749 g/mol. The van der Waals surface area contributed by atoms with Gasteiger partial charge in [0.25, 0.3) is 0 Å². The Morgan fingerprint density at radius 3 is 1.09 bits per heavy atom. The molecule has 0 unspecified atom stereocenters. The van der Waals surface area contributed by atoms with Crippen molar-refractivity contribution in [2.24, 2.45) is 0 Å². The molecule has 2 rings (SSSR count). The second-order valence-corrected chi connectivity index (χ2v) is 13.3. The van der Waals surface area contributed by atoms with E-state index in [1.54, 1.807) is 0 Å². The molecule has 2 aromatic rings. The molecule has 0 radical (unpaired) electrons. The van der Waals surface area contributed by atoms with Crippen LogP contribution in [0.5, 0.6) is 5.75 Å². The Kier molecular flexibility index (Phi) is 36.3. The highest BCUT2D eigenvalue weighted by Gasteiger charge is 2.52. The van der Waals surface area contributed by atoms with Gasteiger partial charge in [-0.3, -0.25) is 4.52 Å².